The third-order valence-corrected chi connectivity index (χ3v) is 8.81. The van der Waals surface area contributed by atoms with Gasteiger partial charge in [0.2, 0.25) is 0 Å². The van der Waals surface area contributed by atoms with Crippen LogP contribution < -0.4 is 9.47 Å². The zero-order valence-electron chi connectivity index (χ0n) is 28.3. The molecule has 0 aromatic heterocycles. The van der Waals surface area contributed by atoms with E-state index in [1.165, 1.54) is 22.3 Å². The molecule has 9 nitrogen and oxygen atoms in total. The summed E-state index contributed by atoms with van der Waals surface area (Å²) in [4.78, 5) is 22.6. The number of carbonyl (C=O) groups is 2. The van der Waals surface area contributed by atoms with Crippen molar-refractivity contribution >= 4 is 11.9 Å². The van der Waals surface area contributed by atoms with Gasteiger partial charge in [-0.15, -0.1) is 0 Å². The summed E-state index contributed by atoms with van der Waals surface area (Å²) >= 11 is 0. The molecule has 0 saturated carbocycles. The van der Waals surface area contributed by atoms with Crippen LogP contribution in [0.1, 0.15) is 35.6 Å². The lowest BCUT2D eigenvalue weighted by Gasteiger charge is -2.34. The molecule has 4 aromatic rings. The molecule has 0 unspecified atom stereocenters. The molecule has 5 rings (SSSR count). The topological polar surface area (TPSA) is 132 Å². The number of hydrogen-bond donors (Lipinski definition) is 3. The predicted molar refractivity (Wildman–Crippen MR) is 191 cm³/mol. The average Bonchev–Trinajstić information content (AvgIpc) is 3.48. The Kier molecular flexibility index (Phi) is 13.5. The predicted octanol–water partition coefficient (Wildman–Crippen LogP) is 5.63. The summed E-state index contributed by atoms with van der Waals surface area (Å²) in [7, 11) is 0. The van der Waals surface area contributed by atoms with Gasteiger partial charge in [-0.1, -0.05) is 92.9 Å². The molecule has 0 atom stereocenters. The molecule has 50 heavy (non-hydrogen) atoms. The van der Waals surface area contributed by atoms with Crippen LogP contribution in [0.15, 0.2) is 122 Å². The maximum Gasteiger partial charge on any atom is 0.330 e. The van der Waals surface area contributed by atoms with E-state index in [0.29, 0.717) is 17.9 Å². The number of fused-ring (bicyclic) bond motifs is 3. The Morgan fingerprint density at radius 3 is 1.32 bits per heavy atom. The summed E-state index contributed by atoms with van der Waals surface area (Å²) in [5.74, 6) is 0.409. The average molecular weight is 681 g/mol. The van der Waals surface area contributed by atoms with Crippen LogP contribution >= 0.6 is 0 Å². The van der Waals surface area contributed by atoms with Gasteiger partial charge in [0.15, 0.2) is 0 Å². The van der Waals surface area contributed by atoms with Crippen LogP contribution in [0.25, 0.3) is 11.1 Å². The molecular weight excluding hydrogens is 636 g/mol. The molecule has 0 bridgehead atoms. The zero-order chi connectivity index (χ0) is 36.0. The number of esters is 2. The van der Waals surface area contributed by atoms with E-state index in [-0.39, 0.29) is 46.2 Å². The minimum absolute atomic E-state index is 0.141. The Balaban J connectivity index is 0.000000551. The van der Waals surface area contributed by atoms with Crippen LogP contribution in [0.3, 0.4) is 0 Å². The summed E-state index contributed by atoms with van der Waals surface area (Å²) in [6.45, 7) is 8.91. The summed E-state index contributed by atoms with van der Waals surface area (Å²) in [5.41, 5.74) is 5.71. The van der Waals surface area contributed by atoms with Gasteiger partial charge in [-0.25, -0.2) is 9.59 Å². The maximum atomic E-state index is 11.3. The van der Waals surface area contributed by atoms with Crippen molar-refractivity contribution in [2.45, 2.75) is 18.8 Å². The van der Waals surface area contributed by atoms with Crippen molar-refractivity contribution in [1.29, 1.82) is 0 Å². The van der Waals surface area contributed by atoms with Crippen molar-refractivity contribution in [3.63, 3.8) is 0 Å². The van der Waals surface area contributed by atoms with E-state index in [1.54, 1.807) is 0 Å². The Bertz CT molecular complexity index is 1590. The van der Waals surface area contributed by atoms with Crippen molar-refractivity contribution in [1.82, 2.24) is 0 Å². The largest absolute Gasteiger partial charge is 0.490 e. The van der Waals surface area contributed by atoms with Gasteiger partial charge in [0, 0.05) is 17.6 Å². The first-order chi connectivity index (χ1) is 24.3. The summed E-state index contributed by atoms with van der Waals surface area (Å²) in [6, 6.07) is 33.1. The first kappa shape index (κ1) is 37.6. The van der Waals surface area contributed by atoms with Gasteiger partial charge in [-0.2, -0.15) is 0 Å². The first-order valence-electron chi connectivity index (χ1n) is 16.4. The van der Waals surface area contributed by atoms with Crippen molar-refractivity contribution in [2.75, 3.05) is 46.2 Å². The Labute approximate surface area is 293 Å². The number of hydrogen-bond acceptors (Lipinski definition) is 9. The van der Waals surface area contributed by atoms with Crippen molar-refractivity contribution < 1.29 is 43.9 Å². The Morgan fingerprint density at radius 2 is 1.00 bits per heavy atom. The monoisotopic (exact) mass is 680 g/mol. The highest BCUT2D eigenvalue weighted by molar-refractivity contribution is 5.86. The minimum atomic E-state index is -0.667. The van der Waals surface area contributed by atoms with Gasteiger partial charge in [0.05, 0.1) is 25.2 Å². The fourth-order valence-corrected chi connectivity index (χ4v) is 5.83. The van der Waals surface area contributed by atoms with Crippen molar-refractivity contribution in [3.05, 3.63) is 145 Å². The standard InChI is InChI=1S/C35H30O6.C6H14O3/c1-3-33(36)40-23-21-38-27-17-13-25(14-18-27)35(26-15-19-28(20-16-26)39-22-24-41-34(37)4-2)31-11-7-5-9-29(31)30-10-6-8-12-32(30)35;1-2-6(3-7,4-8)5-9/h3-20H,1-2,21-24H2;7-9H,2-5H2,1H3. The molecule has 0 spiro atoms. The van der Waals surface area contributed by atoms with E-state index < -0.39 is 22.8 Å². The summed E-state index contributed by atoms with van der Waals surface area (Å²) in [5, 5.41) is 26.0. The SMILES string of the molecule is C=CC(=O)OCCOc1ccc(C2(c3ccc(OCCOC(=O)C=C)cc3)c3ccccc3-c3ccccc32)cc1.CCC(CO)(CO)CO. The van der Waals surface area contributed by atoms with Crippen LogP contribution in [-0.2, 0) is 24.5 Å². The van der Waals surface area contributed by atoms with Gasteiger partial charge in [-0.3, -0.25) is 0 Å². The van der Waals surface area contributed by atoms with Crippen LogP contribution in [0.4, 0.5) is 0 Å². The third kappa shape index (κ3) is 8.31. The van der Waals surface area contributed by atoms with Crippen LogP contribution in [0.2, 0.25) is 0 Å². The molecule has 0 radical (unpaired) electrons. The van der Waals surface area contributed by atoms with Gasteiger partial charge < -0.3 is 34.3 Å². The molecule has 262 valence electrons. The van der Waals surface area contributed by atoms with E-state index in [1.807, 2.05) is 31.2 Å². The second-order valence-electron chi connectivity index (χ2n) is 11.7. The normalized spacial score (nSPS) is 12.3. The van der Waals surface area contributed by atoms with Crippen LogP contribution in [0.5, 0.6) is 11.5 Å². The number of rotatable bonds is 16. The molecule has 0 heterocycles. The molecular formula is C41H44O9. The lowest BCUT2D eigenvalue weighted by atomic mass is 9.68. The number of benzene rings is 4. The van der Waals surface area contributed by atoms with Crippen molar-refractivity contribution in [3.8, 4) is 22.6 Å². The summed E-state index contributed by atoms with van der Waals surface area (Å²) < 4.78 is 21.6. The highest BCUT2D eigenvalue weighted by Gasteiger charge is 2.45. The molecule has 1 aliphatic carbocycles. The van der Waals surface area contributed by atoms with Gasteiger partial charge in [0.25, 0.3) is 0 Å². The van der Waals surface area contributed by atoms with Crippen molar-refractivity contribution in [2.24, 2.45) is 5.41 Å². The molecule has 1 aliphatic rings. The number of aliphatic hydroxyl groups is 3. The molecule has 9 heteroatoms. The van der Waals surface area contributed by atoms with E-state index in [9.17, 15) is 9.59 Å². The molecule has 4 aromatic carbocycles. The Morgan fingerprint density at radius 1 is 0.620 bits per heavy atom. The zero-order valence-corrected chi connectivity index (χ0v) is 28.3. The molecule has 0 saturated heterocycles. The van der Waals surface area contributed by atoms with E-state index in [0.717, 1.165) is 23.3 Å². The first-order valence-corrected chi connectivity index (χ1v) is 16.4. The van der Waals surface area contributed by atoms with E-state index in [4.69, 9.17) is 34.3 Å². The minimum Gasteiger partial charge on any atom is -0.490 e. The van der Waals surface area contributed by atoms with Crippen LogP contribution in [-0.4, -0.2) is 73.5 Å². The molecule has 0 fully saturated rings. The highest BCUT2D eigenvalue weighted by Crippen LogP contribution is 2.56. The van der Waals surface area contributed by atoms with Crippen LogP contribution in [0, 0.1) is 5.41 Å². The van der Waals surface area contributed by atoms with Gasteiger partial charge >= 0.3 is 11.9 Å². The second kappa shape index (κ2) is 18.0. The quantitative estimate of drug-likeness (QED) is 0.0690. The number of aliphatic hydroxyl groups excluding tert-OH is 3. The molecule has 0 aliphatic heterocycles. The molecule has 3 N–H and O–H groups in total. The third-order valence-electron chi connectivity index (χ3n) is 8.81. The lowest BCUT2D eigenvalue weighted by Crippen LogP contribution is -2.32. The van der Waals surface area contributed by atoms with E-state index in [2.05, 4.69) is 86.0 Å². The highest BCUT2D eigenvalue weighted by atomic mass is 16.6. The maximum absolute atomic E-state index is 11.3. The smallest absolute Gasteiger partial charge is 0.330 e. The van der Waals surface area contributed by atoms with Gasteiger partial charge in [-0.05, 0) is 64.1 Å². The number of ether oxygens (including phenoxy) is 4. The fraction of sp³-hybridized carbons (Fsp3) is 0.268. The lowest BCUT2D eigenvalue weighted by molar-refractivity contribution is -0.139. The summed E-state index contributed by atoms with van der Waals surface area (Å²) in [6.07, 6.45) is 2.85. The van der Waals surface area contributed by atoms with E-state index >= 15 is 0 Å². The number of carbonyl (C=O) groups excluding carboxylic acids is 2. The Hall–Kier alpha value is -5.22. The second-order valence-corrected chi connectivity index (χ2v) is 11.7. The van der Waals surface area contributed by atoms with Gasteiger partial charge in [0.1, 0.15) is 37.9 Å². The fourth-order valence-electron chi connectivity index (χ4n) is 5.83. The molecule has 0 amide bonds.